The van der Waals surface area contributed by atoms with Crippen LogP contribution in [0.2, 0.25) is 10.3 Å². The van der Waals surface area contributed by atoms with Crippen molar-refractivity contribution in [3.8, 4) is 0 Å². The summed E-state index contributed by atoms with van der Waals surface area (Å²) in [6, 6.07) is 0.546. The van der Waals surface area contributed by atoms with E-state index < -0.39 is 0 Å². The maximum Gasteiger partial charge on any atom is 0.224 e. The molecular formula is C10H14Cl2N4. The van der Waals surface area contributed by atoms with E-state index in [0.717, 1.165) is 13.1 Å². The van der Waals surface area contributed by atoms with Gasteiger partial charge in [0.05, 0.1) is 6.20 Å². The van der Waals surface area contributed by atoms with Crippen LogP contribution in [-0.2, 0) is 0 Å². The van der Waals surface area contributed by atoms with Gasteiger partial charge in [-0.15, -0.1) is 0 Å². The fourth-order valence-corrected chi connectivity index (χ4v) is 2.21. The molecule has 0 saturated carbocycles. The van der Waals surface area contributed by atoms with Gasteiger partial charge in [0.1, 0.15) is 10.8 Å². The summed E-state index contributed by atoms with van der Waals surface area (Å²) < 4.78 is 0. The van der Waals surface area contributed by atoms with E-state index in [9.17, 15) is 0 Å². The number of aromatic nitrogens is 2. The zero-order chi connectivity index (χ0) is 11.5. The van der Waals surface area contributed by atoms with Crippen LogP contribution >= 0.6 is 23.2 Å². The summed E-state index contributed by atoms with van der Waals surface area (Å²) in [6.07, 6.45) is 3.97. The summed E-state index contributed by atoms with van der Waals surface area (Å²) >= 11 is 11.7. The first-order valence-electron chi connectivity index (χ1n) is 5.29. The molecule has 0 amide bonds. The van der Waals surface area contributed by atoms with Crippen LogP contribution in [0.4, 0.5) is 5.82 Å². The third-order valence-corrected chi connectivity index (χ3v) is 3.35. The minimum atomic E-state index is 0.215. The molecule has 1 aliphatic heterocycles. The molecule has 1 saturated heterocycles. The lowest BCUT2D eigenvalue weighted by atomic mass is 10.2. The van der Waals surface area contributed by atoms with Crippen molar-refractivity contribution in [1.82, 2.24) is 14.9 Å². The molecule has 0 radical (unpaired) electrons. The molecule has 0 spiro atoms. The molecule has 0 aromatic carbocycles. The fraction of sp³-hybridized carbons (Fsp3) is 0.600. The second-order valence-corrected chi connectivity index (χ2v) is 4.74. The second kappa shape index (κ2) is 5.17. The molecule has 2 rings (SSSR count). The van der Waals surface area contributed by atoms with Crippen molar-refractivity contribution in [3.63, 3.8) is 0 Å². The number of likely N-dealkylation sites (N-methyl/N-ethyl adjacent to an activating group) is 1. The quantitative estimate of drug-likeness (QED) is 0.847. The van der Waals surface area contributed by atoms with Gasteiger partial charge in [0, 0.05) is 12.6 Å². The van der Waals surface area contributed by atoms with E-state index in [1.165, 1.54) is 19.0 Å². The van der Waals surface area contributed by atoms with Crippen molar-refractivity contribution < 1.29 is 0 Å². The van der Waals surface area contributed by atoms with Gasteiger partial charge in [-0.2, -0.15) is 4.98 Å². The molecule has 0 bridgehead atoms. The summed E-state index contributed by atoms with van der Waals surface area (Å²) in [5.74, 6) is 0.613. The molecule has 1 aliphatic rings. The van der Waals surface area contributed by atoms with Gasteiger partial charge in [-0.3, -0.25) is 0 Å². The Kier molecular flexibility index (Phi) is 3.84. The lowest BCUT2D eigenvalue weighted by Gasteiger charge is -2.20. The average Bonchev–Trinajstić information content (AvgIpc) is 2.66. The van der Waals surface area contributed by atoms with Crippen molar-refractivity contribution in [2.24, 2.45) is 0 Å². The van der Waals surface area contributed by atoms with Crippen LogP contribution in [0.25, 0.3) is 0 Å². The van der Waals surface area contributed by atoms with E-state index in [0.29, 0.717) is 16.9 Å². The zero-order valence-corrected chi connectivity index (χ0v) is 10.6. The molecule has 1 aromatic heterocycles. The monoisotopic (exact) mass is 260 g/mol. The Balaban J connectivity index is 1.96. The number of likely N-dealkylation sites (tertiary alicyclic amines) is 1. The maximum atomic E-state index is 5.96. The van der Waals surface area contributed by atoms with Gasteiger partial charge in [0.15, 0.2) is 0 Å². The molecule has 1 N–H and O–H groups in total. The van der Waals surface area contributed by atoms with Crippen LogP contribution in [0, 0.1) is 0 Å². The summed E-state index contributed by atoms with van der Waals surface area (Å²) in [5, 5.41) is 3.94. The van der Waals surface area contributed by atoms with Gasteiger partial charge in [-0.05, 0) is 38.0 Å². The number of nitrogens with zero attached hydrogens (tertiary/aromatic N) is 3. The molecule has 1 atom stereocenters. The number of rotatable bonds is 3. The van der Waals surface area contributed by atoms with Crippen molar-refractivity contribution in [3.05, 3.63) is 16.5 Å². The van der Waals surface area contributed by atoms with E-state index in [1.54, 1.807) is 0 Å². The number of halogens is 2. The van der Waals surface area contributed by atoms with Crippen LogP contribution in [0.15, 0.2) is 6.20 Å². The Hall–Kier alpha value is -0.580. The van der Waals surface area contributed by atoms with E-state index in [2.05, 4.69) is 27.2 Å². The smallest absolute Gasteiger partial charge is 0.224 e. The third-order valence-electron chi connectivity index (χ3n) is 2.89. The highest BCUT2D eigenvalue weighted by molar-refractivity contribution is 6.33. The van der Waals surface area contributed by atoms with Crippen molar-refractivity contribution in [2.45, 2.75) is 18.9 Å². The van der Waals surface area contributed by atoms with Gasteiger partial charge in [0.25, 0.3) is 0 Å². The highest BCUT2D eigenvalue weighted by Gasteiger charge is 2.20. The highest BCUT2D eigenvalue weighted by Crippen LogP contribution is 2.21. The summed E-state index contributed by atoms with van der Waals surface area (Å²) in [4.78, 5) is 10.2. The van der Waals surface area contributed by atoms with Gasteiger partial charge >= 0.3 is 0 Å². The first-order chi connectivity index (χ1) is 7.66. The molecule has 0 aliphatic carbocycles. The minimum absolute atomic E-state index is 0.215. The molecule has 6 heteroatoms. The summed E-state index contributed by atoms with van der Waals surface area (Å²) in [6.45, 7) is 1.99. The standard InChI is InChI=1S/C10H14Cl2N4/c1-16-4-2-3-7(16)5-13-9-8(11)6-14-10(12)15-9/h6-7H,2-5H2,1H3,(H,13,14,15). The number of nitrogens with one attached hydrogen (secondary N) is 1. The Morgan fingerprint density at radius 2 is 2.38 bits per heavy atom. The third kappa shape index (κ3) is 2.75. The Morgan fingerprint density at radius 3 is 3.06 bits per heavy atom. The predicted octanol–water partition coefficient (Wildman–Crippen LogP) is 2.29. The normalized spacial score (nSPS) is 21.3. The lowest BCUT2D eigenvalue weighted by Crippen LogP contribution is -2.31. The van der Waals surface area contributed by atoms with E-state index in [-0.39, 0.29) is 5.28 Å². The summed E-state index contributed by atoms with van der Waals surface area (Å²) in [7, 11) is 2.13. The molecule has 1 aromatic rings. The van der Waals surface area contributed by atoms with E-state index in [4.69, 9.17) is 23.2 Å². The summed E-state index contributed by atoms with van der Waals surface area (Å²) in [5.41, 5.74) is 0. The van der Waals surface area contributed by atoms with Gasteiger partial charge in [-0.1, -0.05) is 11.6 Å². The van der Waals surface area contributed by atoms with Gasteiger partial charge < -0.3 is 10.2 Å². The molecule has 88 valence electrons. The fourth-order valence-electron chi connectivity index (χ4n) is 1.92. The van der Waals surface area contributed by atoms with Gasteiger partial charge in [0.2, 0.25) is 5.28 Å². The Bertz CT molecular complexity index is 372. The lowest BCUT2D eigenvalue weighted by molar-refractivity contribution is 0.322. The first-order valence-corrected chi connectivity index (χ1v) is 6.04. The van der Waals surface area contributed by atoms with E-state index in [1.807, 2.05) is 0 Å². The number of hydrogen-bond donors (Lipinski definition) is 1. The molecule has 1 fully saturated rings. The average molecular weight is 261 g/mol. The molecular weight excluding hydrogens is 247 g/mol. The molecule has 16 heavy (non-hydrogen) atoms. The number of hydrogen-bond acceptors (Lipinski definition) is 4. The van der Waals surface area contributed by atoms with Crippen molar-refractivity contribution >= 4 is 29.0 Å². The predicted molar refractivity (Wildman–Crippen MR) is 66.2 cm³/mol. The first kappa shape index (κ1) is 11.9. The largest absolute Gasteiger partial charge is 0.367 e. The van der Waals surface area contributed by atoms with Crippen LogP contribution < -0.4 is 5.32 Å². The highest BCUT2D eigenvalue weighted by atomic mass is 35.5. The molecule has 1 unspecified atom stereocenters. The van der Waals surface area contributed by atoms with Crippen LogP contribution in [-0.4, -0.2) is 41.0 Å². The zero-order valence-electron chi connectivity index (χ0n) is 9.08. The molecule has 4 nitrogen and oxygen atoms in total. The second-order valence-electron chi connectivity index (χ2n) is 3.99. The van der Waals surface area contributed by atoms with E-state index >= 15 is 0 Å². The topological polar surface area (TPSA) is 41.0 Å². The van der Waals surface area contributed by atoms with Crippen LogP contribution in [0.5, 0.6) is 0 Å². The van der Waals surface area contributed by atoms with Crippen molar-refractivity contribution in [1.29, 1.82) is 0 Å². The van der Waals surface area contributed by atoms with Crippen LogP contribution in [0.1, 0.15) is 12.8 Å². The number of anilines is 1. The van der Waals surface area contributed by atoms with Crippen LogP contribution in [0.3, 0.4) is 0 Å². The maximum absolute atomic E-state index is 5.96. The molecule has 2 heterocycles. The Labute approximate surface area is 105 Å². The SMILES string of the molecule is CN1CCCC1CNc1nc(Cl)ncc1Cl. The minimum Gasteiger partial charge on any atom is -0.367 e. The Morgan fingerprint density at radius 1 is 1.56 bits per heavy atom. The van der Waals surface area contributed by atoms with Gasteiger partial charge in [-0.25, -0.2) is 4.98 Å². The van der Waals surface area contributed by atoms with Crippen molar-refractivity contribution in [2.75, 3.05) is 25.5 Å².